The van der Waals surface area contributed by atoms with Crippen LogP contribution in [0.1, 0.15) is 0 Å². The van der Waals surface area contributed by atoms with E-state index in [2.05, 4.69) is 15.3 Å². The predicted octanol–water partition coefficient (Wildman–Crippen LogP) is 0.755. The van der Waals surface area contributed by atoms with Gasteiger partial charge in [-0.25, -0.2) is 9.37 Å². The zero-order chi connectivity index (χ0) is 11.5. The molecule has 2 rings (SSSR count). The van der Waals surface area contributed by atoms with Gasteiger partial charge in [-0.3, -0.25) is 0 Å². The fourth-order valence-corrected chi connectivity index (χ4v) is 1.44. The lowest BCUT2D eigenvalue weighted by molar-refractivity contribution is 0.311. The molecule has 0 spiro atoms. The second-order valence-corrected chi connectivity index (χ2v) is 3.22. The number of aliphatic hydroxyl groups excluding tert-OH is 1. The van der Waals surface area contributed by atoms with Gasteiger partial charge in [-0.1, -0.05) is 6.07 Å². The van der Waals surface area contributed by atoms with Crippen LogP contribution < -0.4 is 11.1 Å². The Labute approximate surface area is 91.1 Å². The first-order chi connectivity index (χ1) is 7.72. The van der Waals surface area contributed by atoms with Gasteiger partial charge in [0.05, 0.1) is 6.61 Å². The first-order valence-corrected chi connectivity index (χ1v) is 4.79. The fourth-order valence-electron chi connectivity index (χ4n) is 1.44. The number of aromatic nitrogens is 2. The maximum Gasteiger partial charge on any atom is 0.222 e. The van der Waals surface area contributed by atoms with E-state index < -0.39 is 5.82 Å². The van der Waals surface area contributed by atoms with E-state index in [4.69, 9.17) is 10.8 Å². The Kier molecular flexibility index (Phi) is 2.82. The van der Waals surface area contributed by atoms with Crippen LogP contribution in [0.2, 0.25) is 0 Å². The molecule has 0 bridgehead atoms. The molecule has 0 amide bonds. The molecule has 4 N–H and O–H groups in total. The zero-order valence-electron chi connectivity index (χ0n) is 8.44. The van der Waals surface area contributed by atoms with Gasteiger partial charge < -0.3 is 16.2 Å². The minimum absolute atomic E-state index is 0.00182. The number of nitrogens with one attached hydrogen (secondary N) is 1. The third-order valence-corrected chi connectivity index (χ3v) is 2.10. The van der Waals surface area contributed by atoms with Crippen molar-refractivity contribution < 1.29 is 9.50 Å². The lowest BCUT2D eigenvalue weighted by Gasteiger charge is -2.08. The summed E-state index contributed by atoms with van der Waals surface area (Å²) in [6.45, 7) is 0.281. The molecule has 0 atom stereocenters. The van der Waals surface area contributed by atoms with E-state index in [1.165, 1.54) is 6.07 Å². The first kappa shape index (κ1) is 10.6. The molecule has 0 radical (unpaired) electrons. The molecular weight excluding hydrogens is 211 g/mol. The highest BCUT2D eigenvalue weighted by Crippen LogP contribution is 2.22. The lowest BCUT2D eigenvalue weighted by Crippen LogP contribution is -2.09. The highest BCUT2D eigenvalue weighted by atomic mass is 19.1. The number of benzene rings is 1. The largest absolute Gasteiger partial charge is 0.395 e. The molecule has 0 fully saturated rings. The molecule has 5 nitrogen and oxygen atoms in total. The molecule has 16 heavy (non-hydrogen) atoms. The summed E-state index contributed by atoms with van der Waals surface area (Å²) < 4.78 is 13.4. The van der Waals surface area contributed by atoms with Crippen LogP contribution in [0.3, 0.4) is 0 Å². The number of anilines is 2. The number of nitrogens with zero attached hydrogens (tertiary/aromatic N) is 2. The van der Waals surface area contributed by atoms with Gasteiger partial charge in [-0.15, -0.1) is 0 Å². The summed E-state index contributed by atoms with van der Waals surface area (Å²) in [5.74, 6) is -0.0206. The molecule has 1 heterocycles. The van der Waals surface area contributed by atoms with Crippen LogP contribution in [-0.2, 0) is 0 Å². The van der Waals surface area contributed by atoms with Crippen LogP contribution in [-0.4, -0.2) is 28.2 Å². The van der Waals surface area contributed by atoms with E-state index in [0.717, 1.165) is 0 Å². The van der Waals surface area contributed by atoms with Gasteiger partial charge in [0.2, 0.25) is 5.95 Å². The quantitative estimate of drug-likeness (QED) is 0.713. The van der Waals surface area contributed by atoms with E-state index in [1.54, 1.807) is 12.1 Å². The number of para-hydroxylation sites is 1. The van der Waals surface area contributed by atoms with Crippen molar-refractivity contribution in [3.8, 4) is 0 Å². The average Bonchev–Trinajstić information content (AvgIpc) is 2.27. The second kappa shape index (κ2) is 4.28. The van der Waals surface area contributed by atoms with Gasteiger partial charge in [0.15, 0.2) is 0 Å². The normalized spacial score (nSPS) is 10.6. The Morgan fingerprint density at radius 1 is 1.38 bits per heavy atom. The third-order valence-electron chi connectivity index (χ3n) is 2.10. The standard InChI is InChI=1S/C10H11FN4O/c11-7-3-1-2-6-8(7)14-10(12)15-9(6)13-4-5-16/h1-3,16H,4-5H2,(H3,12,13,14,15). The summed E-state index contributed by atoms with van der Waals surface area (Å²) in [6.07, 6.45) is 0. The molecule has 6 heteroatoms. The van der Waals surface area contributed by atoms with Crippen LogP contribution in [0.5, 0.6) is 0 Å². The fraction of sp³-hybridized carbons (Fsp3) is 0.200. The second-order valence-electron chi connectivity index (χ2n) is 3.22. The smallest absolute Gasteiger partial charge is 0.222 e. The SMILES string of the molecule is Nc1nc(NCCO)c2cccc(F)c2n1. The lowest BCUT2D eigenvalue weighted by atomic mass is 10.2. The zero-order valence-corrected chi connectivity index (χ0v) is 8.44. The number of fused-ring (bicyclic) bond motifs is 1. The minimum atomic E-state index is -0.446. The molecule has 0 saturated heterocycles. The Morgan fingerprint density at radius 2 is 2.19 bits per heavy atom. The third kappa shape index (κ3) is 1.87. The van der Waals surface area contributed by atoms with Gasteiger partial charge in [-0.2, -0.15) is 4.98 Å². The molecule has 2 aromatic rings. The van der Waals surface area contributed by atoms with Crippen molar-refractivity contribution >= 4 is 22.7 Å². The van der Waals surface area contributed by atoms with Gasteiger partial charge in [-0.05, 0) is 12.1 Å². The molecule has 84 valence electrons. The van der Waals surface area contributed by atoms with Crippen molar-refractivity contribution in [1.82, 2.24) is 9.97 Å². The predicted molar refractivity (Wildman–Crippen MR) is 59.5 cm³/mol. The monoisotopic (exact) mass is 222 g/mol. The molecule has 0 aliphatic rings. The van der Waals surface area contributed by atoms with Gasteiger partial charge in [0.1, 0.15) is 17.2 Å². The molecule has 1 aromatic heterocycles. The van der Waals surface area contributed by atoms with Gasteiger partial charge in [0.25, 0.3) is 0 Å². The van der Waals surface area contributed by atoms with Crippen LogP contribution in [0.25, 0.3) is 10.9 Å². The minimum Gasteiger partial charge on any atom is -0.395 e. The summed E-state index contributed by atoms with van der Waals surface area (Å²) in [5, 5.41) is 12.1. The van der Waals surface area contributed by atoms with E-state index in [-0.39, 0.29) is 18.1 Å². The Balaban J connectivity index is 2.59. The topological polar surface area (TPSA) is 84.1 Å². The summed E-state index contributed by atoms with van der Waals surface area (Å²) in [7, 11) is 0. The Bertz CT molecular complexity index is 517. The van der Waals surface area contributed by atoms with Crippen molar-refractivity contribution in [2.45, 2.75) is 0 Å². The molecule has 0 unspecified atom stereocenters. The number of nitrogen functional groups attached to an aromatic ring is 1. The van der Waals surface area contributed by atoms with Crippen LogP contribution in [0.15, 0.2) is 18.2 Å². The highest BCUT2D eigenvalue weighted by Gasteiger charge is 2.08. The van der Waals surface area contributed by atoms with Crippen LogP contribution >= 0.6 is 0 Å². The molecular formula is C10H11FN4O. The average molecular weight is 222 g/mol. The molecule has 1 aromatic carbocycles. The van der Waals surface area contributed by atoms with Gasteiger partial charge >= 0.3 is 0 Å². The molecule has 0 saturated carbocycles. The van der Waals surface area contributed by atoms with Crippen LogP contribution in [0.4, 0.5) is 16.2 Å². The maximum atomic E-state index is 13.4. The Hall–Kier alpha value is -1.95. The van der Waals surface area contributed by atoms with Crippen molar-refractivity contribution in [1.29, 1.82) is 0 Å². The van der Waals surface area contributed by atoms with Gasteiger partial charge in [0, 0.05) is 11.9 Å². The number of hydrogen-bond acceptors (Lipinski definition) is 5. The van der Waals surface area contributed by atoms with Crippen LogP contribution in [0, 0.1) is 5.82 Å². The van der Waals surface area contributed by atoms with E-state index in [0.29, 0.717) is 17.7 Å². The van der Waals surface area contributed by atoms with E-state index in [1.807, 2.05) is 0 Å². The number of rotatable bonds is 3. The summed E-state index contributed by atoms with van der Waals surface area (Å²) >= 11 is 0. The maximum absolute atomic E-state index is 13.4. The van der Waals surface area contributed by atoms with Crippen molar-refractivity contribution in [2.75, 3.05) is 24.2 Å². The summed E-state index contributed by atoms with van der Waals surface area (Å²) in [5.41, 5.74) is 5.65. The number of hydrogen-bond donors (Lipinski definition) is 3. The number of nitrogens with two attached hydrogens (primary N) is 1. The van der Waals surface area contributed by atoms with Crippen molar-refractivity contribution in [3.63, 3.8) is 0 Å². The Morgan fingerprint density at radius 3 is 2.94 bits per heavy atom. The number of aliphatic hydroxyl groups is 1. The van der Waals surface area contributed by atoms with E-state index in [9.17, 15) is 4.39 Å². The van der Waals surface area contributed by atoms with Crippen molar-refractivity contribution in [2.24, 2.45) is 0 Å². The molecule has 0 aliphatic carbocycles. The summed E-state index contributed by atoms with van der Waals surface area (Å²) in [6, 6.07) is 4.57. The first-order valence-electron chi connectivity index (χ1n) is 4.79. The van der Waals surface area contributed by atoms with Crippen molar-refractivity contribution in [3.05, 3.63) is 24.0 Å². The highest BCUT2D eigenvalue weighted by molar-refractivity contribution is 5.90. The molecule has 0 aliphatic heterocycles. The summed E-state index contributed by atoms with van der Waals surface area (Å²) in [4.78, 5) is 7.79. The number of halogens is 1. The van der Waals surface area contributed by atoms with E-state index >= 15 is 0 Å².